The Morgan fingerprint density at radius 1 is 1.04 bits per heavy atom. The average Bonchev–Trinajstić information content (AvgIpc) is 3.45. The molecule has 0 heterocycles. The zero-order chi connectivity index (χ0) is 18.5. The molecule has 3 atom stereocenters. The Balaban J connectivity index is 1.49. The number of benzene rings is 2. The fourth-order valence-electron chi connectivity index (χ4n) is 2.96. The summed E-state index contributed by atoms with van der Waals surface area (Å²) in [6, 6.07) is 17.0. The van der Waals surface area contributed by atoms with Crippen LogP contribution >= 0.6 is 0 Å². The minimum Gasteiger partial charge on any atom is -0.494 e. The van der Waals surface area contributed by atoms with Crippen LogP contribution in [0.25, 0.3) is 0 Å². The molecule has 0 spiro atoms. The van der Waals surface area contributed by atoms with Gasteiger partial charge in [-0.3, -0.25) is 9.59 Å². The van der Waals surface area contributed by atoms with Gasteiger partial charge in [-0.05, 0) is 50.1 Å². The minimum absolute atomic E-state index is 0.0619. The van der Waals surface area contributed by atoms with Crippen molar-refractivity contribution in [1.82, 2.24) is 5.32 Å². The molecule has 2 aromatic rings. The molecule has 0 saturated heterocycles. The standard InChI is InChI=1S/C21H24N2O3/c1-3-26-17-11-9-16(10-12-17)23-21(25)19-13-18(19)20(24)22-14(2)15-7-5-4-6-8-15/h4-12,14,18-19H,3,13H2,1-2H3,(H,22,24)(H,23,25). The fraction of sp³-hybridized carbons (Fsp3) is 0.333. The number of hydrogen-bond donors (Lipinski definition) is 2. The second kappa shape index (κ2) is 8.04. The summed E-state index contributed by atoms with van der Waals surface area (Å²) in [5, 5.41) is 5.86. The zero-order valence-electron chi connectivity index (χ0n) is 15.1. The third-order valence-electron chi connectivity index (χ3n) is 4.56. The van der Waals surface area contributed by atoms with E-state index in [-0.39, 0.29) is 29.7 Å². The Labute approximate surface area is 153 Å². The summed E-state index contributed by atoms with van der Waals surface area (Å²) < 4.78 is 5.38. The highest BCUT2D eigenvalue weighted by atomic mass is 16.5. The van der Waals surface area contributed by atoms with Crippen molar-refractivity contribution in [3.63, 3.8) is 0 Å². The zero-order valence-corrected chi connectivity index (χ0v) is 15.1. The molecule has 3 unspecified atom stereocenters. The normalized spacial score (nSPS) is 19.3. The Hall–Kier alpha value is -2.82. The van der Waals surface area contributed by atoms with Crippen molar-refractivity contribution in [2.75, 3.05) is 11.9 Å². The quantitative estimate of drug-likeness (QED) is 0.801. The summed E-state index contributed by atoms with van der Waals surface area (Å²) >= 11 is 0. The molecular weight excluding hydrogens is 328 g/mol. The van der Waals surface area contributed by atoms with Crippen LogP contribution in [0.3, 0.4) is 0 Å². The molecule has 0 radical (unpaired) electrons. The van der Waals surface area contributed by atoms with E-state index in [9.17, 15) is 9.59 Å². The van der Waals surface area contributed by atoms with Crippen LogP contribution in [0.2, 0.25) is 0 Å². The summed E-state index contributed by atoms with van der Waals surface area (Å²) in [6.45, 7) is 4.48. The molecule has 2 aromatic carbocycles. The van der Waals surface area contributed by atoms with Gasteiger partial charge >= 0.3 is 0 Å². The molecule has 1 fully saturated rings. The first kappa shape index (κ1) is 18.0. The van der Waals surface area contributed by atoms with Crippen LogP contribution in [0.5, 0.6) is 5.75 Å². The average molecular weight is 352 g/mol. The lowest BCUT2D eigenvalue weighted by atomic mass is 10.1. The van der Waals surface area contributed by atoms with E-state index in [0.29, 0.717) is 18.7 Å². The van der Waals surface area contributed by atoms with E-state index >= 15 is 0 Å². The van der Waals surface area contributed by atoms with E-state index in [0.717, 1.165) is 11.3 Å². The number of anilines is 1. The molecule has 0 bridgehead atoms. The van der Waals surface area contributed by atoms with Crippen molar-refractivity contribution >= 4 is 17.5 Å². The second-order valence-corrected chi connectivity index (χ2v) is 6.54. The molecule has 136 valence electrons. The van der Waals surface area contributed by atoms with Crippen molar-refractivity contribution in [2.24, 2.45) is 11.8 Å². The second-order valence-electron chi connectivity index (χ2n) is 6.54. The van der Waals surface area contributed by atoms with E-state index in [1.54, 1.807) is 12.1 Å². The van der Waals surface area contributed by atoms with Gasteiger partial charge < -0.3 is 15.4 Å². The maximum atomic E-state index is 12.4. The summed E-state index contributed by atoms with van der Waals surface area (Å²) in [5.41, 5.74) is 1.76. The van der Waals surface area contributed by atoms with Crippen molar-refractivity contribution < 1.29 is 14.3 Å². The highest BCUT2D eigenvalue weighted by Crippen LogP contribution is 2.40. The number of ether oxygens (including phenoxy) is 1. The van der Waals surface area contributed by atoms with Crippen molar-refractivity contribution in [3.05, 3.63) is 60.2 Å². The molecule has 26 heavy (non-hydrogen) atoms. The molecule has 2 amide bonds. The lowest BCUT2D eigenvalue weighted by Gasteiger charge is -2.14. The summed E-state index contributed by atoms with van der Waals surface area (Å²) in [5.74, 6) is 0.0901. The third kappa shape index (κ3) is 4.42. The van der Waals surface area contributed by atoms with Crippen LogP contribution in [-0.4, -0.2) is 18.4 Å². The smallest absolute Gasteiger partial charge is 0.228 e. The van der Waals surface area contributed by atoms with Crippen LogP contribution < -0.4 is 15.4 Å². The van der Waals surface area contributed by atoms with Gasteiger partial charge in [0.1, 0.15) is 5.75 Å². The molecule has 2 N–H and O–H groups in total. The molecule has 3 rings (SSSR count). The highest BCUT2D eigenvalue weighted by Gasteiger charge is 2.48. The van der Waals surface area contributed by atoms with Crippen LogP contribution in [0, 0.1) is 11.8 Å². The monoisotopic (exact) mass is 352 g/mol. The van der Waals surface area contributed by atoms with Gasteiger partial charge in [-0.1, -0.05) is 30.3 Å². The Bertz CT molecular complexity index is 759. The molecule has 0 aromatic heterocycles. The van der Waals surface area contributed by atoms with Gasteiger partial charge in [0.15, 0.2) is 0 Å². The molecule has 1 aliphatic carbocycles. The molecule has 0 aliphatic heterocycles. The maximum absolute atomic E-state index is 12.4. The number of hydrogen-bond acceptors (Lipinski definition) is 3. The van der Waals surface area contributed by atoms with Gasteiger partial charge in [-0.2, -0.15) is 0 Å². The summed E-state index contributed by atoms with van der Waals surface area (Å²) in [6.07, 6.45) is 0.593. The van der Waals surface area contributed by atoms with Gasteiger partial charge in [0.2, 0.25) is 11.8 Å². The minimum atomic E-state index is -0.260. The van der Waals surface area contributed by atoms with Gasteiger partial charge in [0.25, 0.3) is 0 Å². The Morgan fingerprint density at radius 3 is 2.35 bits per heavy atom. The maximum Gasteiger partial charge on any atom is 0.228 e. The van der Waals surface area contributed by atoms with E-state index in [4.69, 9.17) is 4.74 Å². The van der Waals surface area contributed by atoms with E-state index < -0.39 is 0 Å². The van der Waals surface area contributed by atoms with Crippen LogP contribution in [0.15, 0.2) is 54.6 Å². The number of carbonyl (C=O) groups is 2. The molecule has 5 nitrogen and oxygen atoms in total. The number of amides is 2. The number of nitrogens with one attached hydrogen (secondary N) is 2. The first-order chi connectivity index (χ1) is 12.6. The lowest BCUT2D eigenvalue weighted by molar-refractivity contribution is -0.125. The predicted molar refractivity (Wildman–Crippen MR) is 101 cm³/mol. The van der Waals surface area contributed by atoms with Crippen molar-refractivity contribution in [3.8, 4) is 5.75 Å². The molecular formula is C21H24N2O3. The Kier molecular flexibility index (Phi) is 5.56. The summed E-state index contributed by atoms with van der Waals surface area (Å²) in [7, 11) is 0. The molecule has 5 heteroatoms. The topological polar surface area (TPSA) is 67.4 Å². The Morgan fingerprint density at radius 2 is 1.69 bits per heavy atom. The summed E-state index contributed by atoms with van der Waals surface area (Å²) in [4.78, 5) is 24.7. The fourth-order valence-corrected chi connectivity index (χ4v) is 2.96. The SMILES string of the molecule is CCOc1ccc(NC(=O)C2CC2C(=O)NC(C)c2ccccc2)cc1. The first-order valence-electron chi connectivity index (χ1n) is 8.97. The number of carbonyl (C=O) groups excluding carboxylic acids is 2. The van der Waals surface area contributed by atoms with Crippen LogP contribution in [0.1, 0.15) is 31.9 Å². The van der Waals surface area contributed by atoms with E-state index in [1.165, 1.54) is 0 Å². The first-order valence-corrected chi connectivity index (χ1v) is 8.97. The van der Waals surface area contributed by atoms with Gasteiger partial charge in [0.05, 0.1) is 24.5 Å². The lowest BCUT2D eigenvalue weighted by Crippen LogP contribution is -2.29. The third-order valence-corrected chi connectivity index (χ3v) is 4.56. The van der Waals surface area contributed by atoms with Gasteiger partial charge in [0, 0.05) is 5.69 Å². The predicted octanol–water partition coefficient (Wildman–Crippen LogP) is 3.54. The van der Waals surface area contributed by atoms with Crippen molar-refractivity contribution in [2.45, 2.75) is 26.3 Å². The van der Waals surface area contributed by atoms with Crippen molar-refractivity contribution in [1.29, 1.82) is 0 Å². The van der Waals surface area contributed by atoms with Gasteiger partial charge in [-0.25, -0.2) is 0 Å². The largest absolute Gasteiger partial charge is 0.494 e. The molecule has 1 saturated carbocycles. The highest BCUT2D eigenvalue weighted by molar-refractivity contribution is 5.99. The van der Waals surface area contributed by atoms with E-state index in [2.05, 4.69) is 10.6 Å². The molecule has 1 aliphatic rings. The van der Waals surface area contributed by atoms with Crippen LogP contribution in [-0.2, 0) is 9.59 Å². The van der Waals surface area contributed by atoms with Gasteiger partial charge in [-0.15, -0.1) is 0 Å². The van der Waals surface area contributed by atoms with E-state index in [1.807, 2.05) is 56.3 Å². The van der Waals surface area contributed by atoms with Crippen LogP contribution in [0.4, 0.5) is 5.69 Å². The number of rotatable bonds is 7.